The van der Waals surface area contributed by atoms with Crippen molar-refractivity contribution in [2.45, 2.75) is 96.8 Å². The predicted molar refractivity (Wildman–Crippen MR) is 106 cm³/mol. The number of halogens is 1. The lowest BCUT2D eigenvalue weighted by Gasteiger charge is -2.08. The van der Waals surface area contributed by atoms with Crippen LogP contribution in [-0.4, -0.2) is 5.88 Å². The molecular weight excluding hydrogens is 300 g/mol. The summed E-state index contributed by atoms with van der Waals surface area (Å²) in [6, 6.07) is 8.81. The Balaban J connectivity index is 1.94. The third-order valence-electron chi connectivity index (χ3n) is 4.78. The minimum absolute atomic E-state index is 0.732. The lowest BCUT2D eigenvalue weighted by Crippen LogP contribution is -1.95. The Morgan fingerprint density at radius 3 is 1.52 bits per heavy atom. The van der Waals surface area contributed by atoms with Gasteiger partial charge in [0.15, 0.2) is 0 Å². The molecule has 0 atom stereocenters. The zero-order valence-electron chi connectivity index (χ0n) is 15.3. The lowest BCUT2D eigenvalue weighted by atomic mass is 9.99. The van der Waals surface area contributed by atoms with Gasteiger partial charge in [-0.25, -0.2) is 0 Å². The average molecular weight is 337 g/mol. The minimum atomic E-state index is 0.732. The van der Waals surface area contributed by atoms with Gasteiger partial charge in [0.1, 0.15) is 0 Å². The fourth-order valence-corrected chi connectivity index (χ4v) is 3.51. The van der Waals surface area contributed by atoms with Crippen molar-refractivity contribution in [3.63, 3.8) is 0 Å². The molecular formula is C22H37Cl. The van der Waals surface area contributed by atoms with E-state index in [9.17, 15) is 0 Å². The van der Waals surface area contributed by atoms with Crippen LogP contribution in [0.5, 0.6) is 0 Å². The smallest absolute Gasteiger partial charge is 0.0264 e. The molecule has 0 aliphatic rings. The third kappa shape index (κ3) is 10.8. The molecule has 0 spiro atoms. The van der Waals surface area contributed by atoms with Crippen molar-refractivity contribution in [3.05, 3.63) is 35.4 Å². The van der Waals surface area contributed by atoms with Gasteiger partial charge in [-0.1, -0.05) is 102 Å². The Bertz CT molecular complexity index is 372. The fraction of sp³-hybridized carbons (Fsp3) is 0.727. The first-order valence-corrected chi connectivity index (χ1v) is 10.5. The number of aryl methyl sites for hydroxylation is 2. The van der Waals surface area contributed by atoms with Gasteiger partial charge in [0, 0.05) is 5.88 Å². The summed E-state index contributed by atoms with van der Waals surface area (Å²) >= 11 is 5.89. The number of hydrogen-bond donors (Lipinski definition) is 0. The maximum absolute atomic E-state index is 5.89. The van der Waals surface area contributed by atoms with Crippen LogP contribution < -0.4 is 0 Å². The molecule has 0 saturated carbocycles. The molecule has 1 aromatic carbocycles. The van der Waals surface area contributed by atoms with Crippen LogP contribution >= 0.6 is 11.6 Å². The van der Waals surface area contributed by atoms with Crippen molar-refractivity contribution in [2.75, 3.05) is 5.88 Å². The van der Waals surface area contributed by atoms with Crippen LogP contribution in [0.15, 0.2) is 24.3 Å². The summed E-state index contributed by atoms with van der Waals surface area (Å²) in [6.45, 7) is 2.29. The van der Waals surface area contributed by atoms with Gasteiger partial charge < -0.3 is 0 Å². The summed E-state index contributed by atoms with van der Waals surface area (Å²) in [6.07, 6.45) is 19.3. The van der Waals surface area contributed by atoms with Crippen LogP contribution in [0, 0.1) is 0 Å². The summed E-state index contributed by atoms with van der Waals surface area (Å²) in [5, 5.41) is 0. The van der Waals surface area contributed by atoms with Gasteiger partial charge in [-0.2, -0.15) is 0 Å². The minimum Gasteiger partial charge on any atom is -0.126 e. The van der Waals surface area contributed by atoms with Crippen molar-refractivity contribution in [3.8, 4) is 0 Å². The molecule has 0 saturated heterocycles. The van der Waals surface area contributed by atoms with Crippen LogP contribution in [0.3, 0.4) is 0 Å². The van der Waals surface area contributed by atoms with Gasteiger partial charge >= 0.3 is 0 Å². The highest BCUT2D eigenvalue weighted by Gasteiger charge is 2.01. The highest BCUT2D eigenvalue weighted by molar-refractivity contribution is 6.18. The molecule has 0 radical (unpaired) electrons. The first-order chi connectivity index (χ1) is 11.4. The first-order valence-electron chi connectivity index (χ1n) is 10.0. The number of alkyl halides is 1. The molecule has 0 amide bonds. The summed E-state index contributed by atoms with van der Waals surface area (Å²) in [4.78, 5) is 0. The van der Waals surface area contributed by atoms with E-state index in [0.717, 1.165) is 12.3 Å². The average Bonchev–Trinajstić information content (AvgIpc) is 2.57. The van der Waals surface area contributed by atoms with Crippen LogP contribution in [0.4, 0.5) is 0 Å². The van der Waals surface area contributed by atoms with E-state index in [0.29, 0.717) is 0 Å². The second-order valence-electron chi connectivity index (χ2n) is 6.85. The Hall–Kier alpha value is -0.490. The second-order valence-corrected chi connectivity index (χ2v) is 7.22. The van der Waals surface area contributed by atoms with Gasteiger partial charge in [0.2, 0.25) is 0 Å². The molecule has 0 aliphatic carbocycles. The molecule has 0 N–H and O–H groups in total. The van der Waals surface area contributed by atoms with Crippen molar-refractivity contribution < 1.29 is 0 Å². The second kappa shape index (κ2) is 15.1. The molecule has 132 valence electrons. The van der Waals surface area contributed by atoms with Gasteiger partial charge in [-0.15, -0.1) is 11.6 Å². The maximum atomic E-state index is 5.89. The topological polar surface area (TPSA) is 0 Å². The monoisotopic (exact) mass is 336 g/mol. The third-order valence-corrected chi connectivity index (χ3v) is 4.97. The standard InChI is InChI=1S/C22H37Cl/c1-2-3-4-5-6-7-8-9-10-11-12-13-16-21-17-14-15-18-22(21)19-20-23/h14-15,17-18H,2-13,16,19-20H2,1H3. The van der Waals surface area contributed by atoms with E-state index in [1.165, 1.54) is 94.6 Å². The Labute approximate surface area is 150 Å². The van der Waals surface area contributed by atoms with Crippen LogP contribution in [0.25, 0.3) is 0 Å². The molecule has 0 bridgehead atoms. The van der Waals surface area contributed by atoms with E-state index in [1.54, 1.807) is 0 Å². The van der Waals surface area contributed by atoms with E-state index in [4.69, 9.17) is 11.6 Å². The normalized spacial score (nSPS) is 11.0. The fourth-order valence-electron chi connectivity index (χ4n) is 3.30. The van der Waals surface area contributed by atoms with Crippen LogP contribution in [-0.2, 0) is 12.8 Å². The molecule has 1 heteroatoms. The summed E-state index contributed by atoms with van der Waals surface area (Å²) in [7, 11) is 0. The quantitative estimate of drug-likeness (QED) is 0.227. The lowest BCUT2D eigenvalue weighted by molar-refractivity contribution is 0.544. The zero-order chi connectivity index (χ0) is 16.6. The van der Waals surface area contributed by atoms with Gasteiger partial charge in [-0.05, 0) is 30.4 Å². The number of unbranched alkanes of at least 4 members (excludes halogenated alkanes) is 11. The Kier molecular flexibility index (Phi) is 13.5. The van der Waals surface area contributed by atoms with E-state index in [-0.39, 0.29) is 0 Å². The van der Waals surface area contributed by atoms with Crippen molar-refractivity contribution in [2.24, 2.45) is 0 Å². The number of benzene rings is 1. The van der Waals surface area contributed by atoms with E-state index < -0.39 is 0 Å². The van der Waals surface area contributed by atoms with E-state index in [1.807, 2.05) is 0 Å². The molecule has 0 unspecified atom stereocenters. The van der Waals surface area contributed by atoms with Crippen molar-refractivity contribution in [1.82, 2.24) is 0 Å². The summed E-state index contributed by atoms with van der Waals surface area (Å²) in [5.74, 6) is 0.732. The Morgan fingerprint density at radius 2 is 1.04 bits per heavy atom. The van der Waals surface area contributed by atoms with Crippen LogP contribution in [0.1, 0.15) is 95.1 Å². The van der Waals surface area contributed by atoms with Crippen molar-refractivity contribution >= 4 is 11.6 Å². The molecule has 0 aliphatic heterocycles. The zero-order valence-corrected chi connectivity index (χ0v) is 16.0. The van der Waals surface area contributed by atoms with Crippen LogP contribution in [0.2, 0.25) is 0 Å². The van der Waals surface area contributed by atoms with E-state index in [2.05, 4.69) is 31.2 Å². The number of hydrogen-bond acceptors (Lipinski definition) is 0. The predicted octanol–water partition coefficient (Wildman–Crippen LogP) is 7.71. The summed E-state index contributed by atoms with van der Waals surface area (Å²) in [5.41, 5.74) is 2.96. The number of rotatable bonds is 15. The summed E-state index contributed by atoms with van der Waals surface area (Å²) < 4.78 is 0. The first kappa shape index (κ1) is 20.6. The molecule has 0 aromatic heterocycles. The van der Waals surface area contributed by atoms with Crippen molar-refractivity contribution in [1.29, 1.82) is 0 Å². The highest BCUT2D eigenvalue weighted by atomic mass is 35.5. The largest absolute Gasteiger partial charge is 0.126 e. The van der Waals surface area contributed by atoms with Gasteiger partial charge in [-0.3, -0.25) is 0 Å². The SMILES string of the molecule is CCCCCCCCCCCCCCc1ccccc1CCCl. The van der Waals surface area contributed by atoms with Gasteiger partial charge in [0.05, 0.1) is 0 Å². The van der Waals surface area contributed by atoms with Gasteiger partial charge in [0.25, 0.3) is 0 Å². The molecule has 0 heterocycles. The maximum Gasteiger partial charge on any atom is 0.0264 e. The molecule has 23 heavy (non-hydrogen) atoms. The Morgan fingerprint density at radius 1 is 0.609 bits per heavy atom. The molecule has 0 nitrogen and oxygen atoms in total. The molecule has 1 rings (SSSR count). The molecule has 1 aromatic rings. The highest BCUT2D eigenvalue weighted by Crippen LogP contribution is 2.16. The molecule has 0 fully saturated rings. The van der Waals surface area contributed by atoms with E-state index >= 15 is 0 Å².